The number of benzene rings is 1. The van der Waals surface area contributed by atoms with Crippen molar-refractivity contribution < 1.29 is 4.79 Å². The molecule has 148 valence electrons. The largest absolute Gasteiger partial charge is 0.373 e. The molecule has 2 N–H and O–H groups in total. The summed E-state index contributed by atoms with van der Waals surface area (Å²) >= 11 is 0. The van der Waals surface area contributed by atoms with E-state index in [1.165, 1.54) is 18.5 Å². The zero-order chi connectivity index (χ0) is 19.1. The Morgan fingerprint density at radius 2 is 1.96 bits per heavy atom. The number of hydrogen-bond donors (Lipinski definition) is 2. The fraction of sp³-hybridized carbons (Fsp3) is 0.619. The van der Waals surface area contributed by atoms with Crippen LogP contribution in [0.15, 0.2) is 35.3 Å². The summed E-state index contributed by atoms with van der Waals surface area (Å²) in [5.74, 6) is 1.45. The lowest BCUT2D eigenvalue weighted by atomic mass is 10.1. The minimum absolute atomic E-state index is 0.273. The van der Waals surface area contributed by atoms with E-state index in [1.54, 1.807) is 7.05 Å². The fourth-order valence-electron chi connectivity index (χ4n) is 4.05. The third kappa shape index (κ3) is 5.37. The standard InChI is InChI=1S/C21H33N5O/c1-22-21(23-13-15-25(2)19-10-4-3-5-11-19)24-18-12-14-26(16-18)20(27)17-8-6-7-9-17/h3-5,10-11,17-18H,6-9,12-16H2,1-2H3,(H2,22,23,24). The molecule has 27 heavy (non-hydrogen) atoms. The van der Waals surface area contributed by atoms with E-state index in [1.807, 2.05) is 11.0 Å². The molecule has 0 bridgehead atoms. The van der Waals surface area contributed by atoms with Crippen LogP contribution in [0.5, 0.6) is 0 Å². The van der Waals surface area contributed by atoms with E-state index in [0.29, 0.717) is 5.91 Å². The number of hydrogen-bond acceptors (Lipinski definition) is 3. The van der Waals surface area contributed by atoms with Gasteiger partial charge in [0.2, 0.25) is 5.91 Å². The van der Waals surface area contributed by atoms with E-state index in [4.69, 9.17) is 0 Å². The first-order valence-corrected chi connectivity index (χ1v) is 10.2. The quantitative estimate of drug-likeness (QED) is 0.594. The summed E-state index contributed by atoms with van der Waals surface area (Å²) in [6, 6.07) is 10.7. The van der Waals surface area contributed by atoms with Gasteiger partial charge in [-0.15, -0.1) is 0 Å². The van der Waals surface area contributed by atoms with Crippen LogP contribution in [0.3, 0.4) is 0 Å². The third-order valence-electron chi connectivity index (χ3n) is 5.71. The van der Waals surface area contributed by atoms with Gasteiger partial charge >= 0.3 is 0 Å². The molecule has 0 radical (unpaired) electrons. The average Bonchev–Trinajstić information content (AvgIpc) is 3.39. The average molecular weight is 372 g/mol. The van der Waals surface area contributed by atoms with Crippen molar-refractivity contribution in [1.82, 2.24) is 15.5 Å². The molecule has 1 saturated carbocycles. The monoisotopic (exact) mass is 371 g/mol. The summed E-state index contributed by atoms with van der Waals surface area (Å²) in [7, 11) is 3.89. The Bertz CT molecular complexity index is 627. The first kappa shape index (κ1) is 19.5. The number of likely N-dealkylation sites (tertiary alicyclic amines) is 1. The number of nitrogens with one attached hydrogen (secondary N) is 2. The maximum atomic E-state index is 12.6. The molecule has 1 atom stereocenters. The molecule has 1 amide bonds. The number of carbonyl (C=O) groups excluding carboxylic acids is 1. The van der Waals surface area contributed by atoms with Crippen molar-refractivity contribution in [2.45, 2.75) is 38.1 Å². The Hall–Kier alpha value is -2.24. The number of amides is 1. The molecule has 2 aliphatic rings. The number of rotatable bonds is 6. The molecule has 0 spiro atoms. The van der Waals surface area contributed by atoms with E-state index in [0.717, 1.165) is 51.4 Å². The molecule has 1 aliphatic heterocycles. The number of guanidine groups is 1. The summed E-state index contributed by atoms with van der Waals surface area (Å²) in [5, 5.41) is 6.87. The first-order chi connectivity index (χ1) is 13.2. The highest BCUT2D eigenvalue weighted by Gasteiger charge is 2.32. The molecule has 6 nitrogen and oxygen atoms in total. The van der Waals surface area contributed by atoms with Crippen molar-refractivity contribution in [2.24, 2.45) is 10.9 Å². The molecule has 3 rings (SSSR count). The van der Waals surface area contributed by atoms with Gasteiger partial charge in [0, 0.05) is 57.9 Å². The second-order valence-electron chi connectivity index (χ2n) is 7.65. The van der Waals surface area contributed by atoms with Crippen molar-refractivity contribution in [3.8, 4) is 0 Å². The normalized spacial score (nSPS) is 20.7. The summed E-state index contributed by atoms with van der Waals surface area (Å²) in [6.07, 6.45) is 5.56. The van der Waals surface area contributed by atoms with Crippen LogP contribution >= 0.6 is 0 Å². The van der Waals surface area contributed by atoms with Crippen LogP contribution < -0.4 is 15.5 Å². The number of nitrogens with zero attached hydrogens (tertiary/aromatic N) is 3. The Morgan fingerprint density at radius 3 is 2.67 bits per heavy atom. The Balaban J connectivity index is 1.39. The highest BCUT2D eigenvalue weighted by atomic mass is 16.2. The smallest absolute Gasteiger partial charge is 0.225 e. The van der Waals surface area contributed by atoms with Crippen LogP contribution in [-0.4, -0.2) is 63.1 Å². The third-order valence-corrected chi connectivity index (χ3v) is 5.71. The molecule has 6 heteroatoms. The molecular weight excluding hydrogens is 338 g/mol. The van der Waals surface area contributed by atoms with E-state index < -0.39 is 0 Å². The van der Waals surface area contributed by atoms with E-state index in [-0.39, 0.29) is 12.0 Å². The molecule has 1 saturated heterocycles. The number of aliphatic imine (C=N–C) groups is 1. The zero-order valence-electron chi connectivity index (χ0n) is 16.7. The van der Waals surface area contributed by atoms with Gasteiger partial charge in [-0.25, -0.2) is 0 Å². The van der Waals surface area contributed by atoms with Crippen molar-refractivity contribution in [3.05, 3.63) is 30.3 Å². The minimum atomic E-state index is 0.273. The van der Waals surface area contributed by atoms with Crippen molar-refractivity contribution in [3.63, 3.8) is 0 Å². The van der Waals surface area contributed by atoms with E-state index in [2.05, 4.69) is 51.8 Å². The highest BCUT2D eigenvalue weighted by molar-refractivity contribution is 5.81. The summed E-state index contributed by atoms with van der Waals surface area (Å²) in [6.45, 7) is 3.35. The fourth-order valence-corrected chi connectivity index (χ4v) is 4.05. The van der Waals surface area contributed by atoms with Gasteiger partial charge in [0.1, 0.15) is 0 Å². The number of likely N-dealkylation sites (N-methyl/N-ethyl adjacent to an activating group) is 1. The molecule has 1 aromatic carbocycles. The summed E-state index contributed by atoms with van der Waals surface area (Å²) in [4.78, 5) is 21.2. The lowest BCUT2D eigenvalue weighted by Gasteiger charge is -2.23. The maximum Gasteiger partial charge on any atom is 0.225 e. The predicted octanol–water partition coefficient (Wildman–Crippen LogP) is 2.08. The maximum absolute atomic E-state index is 12.6. The van der Waals surface area contributed by atoms with E-state index >= 15 is 0 Å². The topological polar surface area (TPSA) is 60.0 Å². The molecule has 1 heterocycles. The molecule has 0 aromatic heterocycles. The molecule has 1 unspecified atom stereocenters. The Kier molecular flexibility index (Phi) is 6.96. The summed E-state index contributed by atoms with van der Waals surface area (Å²) in [5.41, 5.74) is 1.21. The first-order valence-electron chi connectivity index (χ1n) is 10.2. The SMILES string of the molecule is CN=C(NCCN(C)c1ccccc1)NC1CCN(C(=O)C2CCCC2)C1. The molecule has 1 aromatic rings. The van der Waals surface area contributed by atoms with Gasteiger partial charge in [0.25, 0.3) is 0 Å². The van der Waals surface area contributed by atoms with Gasteiger partial charge in [-0.3, -0.25) is 9.79 Å². The second-order valence-corrected chi connectivity index (χ2v) is 7.65. The van der Waals surface area contributed by atoms with Crippen LogP contribution in [0.25, 0.3) is 0 Å². The lowest BCUT2D eigenvalue weighted by Crippen LogP contribution is -2.47. The highest BCUT2D eigenvalue weighted by Crippen LogP contribution is 2.27. The van der Waals surface area contributed by atoms with Gasteiger partial charge in [-0.2, -0.15) is 0 Å². The number of para-hydroxylation sites is 1. The second kappa shape index (κ2) is 9.62. The number of carbonyl (C=O) groups is 1. The van der Waals surface area contributed by atoms with Crippen LogP contribution in [0.2, 0.25) is 0 Å². The summed E-state index contributed by atoms with van der Waals surface area (Å²) < 4.78 is 0. The van der Waals surface area contributed by atoms with Gasteiger partial charge < -0.3 is 20.4 Å². The lowest BCUT2D eigenvalue weighted by molar-refractivity contribution is -0.134. The van der Waals surface area contributed by atoms with Crippen LogP contribution in [-0.2, 0) is 4.79 Å². The Morgan fingerprint density at radius 1 is 1.22 bits per heavy atom. The van der Waals surface area contributed by atoms with Gasteiger partial charge in [-0.05, 0) is 31.4 Å². The van der Waals surface area contributed by atoms with Crippen molar-refractivity contribution in [1.29, 1.82) is 0 Å². The van der Waals surface area contributed by atoms with Crippen molar-refractivity contribution >= 4 is 17.6 Å². The van der Waals surface area contributed by atoms with Crippen LogP contribution in [0.4, 0.5) is 5.69 Å². The van der Waals surface area contributed by atoms with Gasteiger partial charge in [0.05, 0.1) is 0 Å². The molecule has 2 fully saturated rings. The molecular formula is C21H33N5O. The van der Waals surface area contributed by atoms with Crippen molar-refractivity contribution in [2.75, 3.05) is 45.2 Å². The van der Waals surface area contributed by atoms with E-state index in [9.17, 15) is 4.79 Å². The number of anilines is 1. The van der Waals surface area contributed by atoms with Crippen LogP contribution in [0, 0.1) is 5.92 Å². The predicted molar refractivity (Wildman–Crippen MR) is 111 cm³/mol. The van der Waals surface area contributed by atoms with Crippen LogP contribution in [0.1, 0.15) is 32.1 Å². The minimum Gasteiger partial charge on any atom is -0.373 e. The zero-order valence-corrected chi connectivity index (χ0v) is 16.7. The van der Waals surface area contributed by atoms with Gasteiger partial charge in [0.15, 0.2) is 5.96 Å². The Labute approximate surface area is 163 Å². The van der Waals surface area contributed by atoms with Gasteiger partial charge in [-0.1, -0.05) is 31.0 Å². The molecule has 1 aliphatic carbocycles.